The second-order valence-corrected chi connectivity index (χ2v) is 18.8. The highest BCUT2D eigenvalue weighted by atomic mass is 19.1. The van der Waals surface area contributed by atoms with Gasteiger partial charge in [0.25, 0.3) is 0 Å². The topological polar surface area (TPSA) is 125 Å². The van der Waals surface area contributed by atoms with Crippen molar-refractivity contribution in [1.29, 1.82) is 0 Å². The van der Waals surface area contributed by atoms with E-state index in [-0.39, 0.29) is 16.7 Å². The zero-order valence-electron chi connectivity index (χ0n) is 39.3. The minimum atomic E-state index is -1.74. The Balaban J connectivity index is 1.10. The molecule has 9 aromatic rings. The molecule has 2 saturated heterocycles. The first-order chi connectivity index (χ1) is 35.3. The van der Waals surface area contributed by atoms with Crippen LogP contribution >= 0.6 is 0 Å². The number of allylic oxidation sites excluding steroid dienone is 3. The number of rotatable bonds is 9. The fourth-order valence-electron chi connectivity index (χ4n) is 11.0. The molecule has 1 atom stereocenters. The van der Waals surface area contributed by atoms with Crippen LogP contribution in [0.2, 0.25) is 0 Å². The van der Waals surface area contributed by atoms with E-state index in [1.165, 1.54) is 0 Å². The molecular weight excluding hydrogens is 907 g/mol. The molecule has 0 radical (unpaired) electrons. The Morgan fingerprint density at radius 1 is 0.653 bits per heavy atom. The lowest BCUT2D eigenvalue weighted by molar-refractivity contribution is 0.0343. The van der Waals surface area contributed by atoms with Crippen molar-refractivity contribution in [1.82, 2.24) is 29.7 Å². The number of aromatic nitrogens is 4. The fourth-order valence-corrected chi connectivity index (χ4v) is 11.0. The van der Waals surface area contributed by atoms with E-state index >= 15 is 8.78 Å². The first kappa shape index (κ1) is 45.3. The Morgan fingerprint density at radius 2 is 1.17 bits per heavy atom. The number of fused-ring (bicyclic) bond motifs is 4. The smallest absolute Gasteiger partial charge is 0.195 e. The molecule has 2 fully saturated rings. The molecule has 5 N–H and O–H groups in total. The molecule has 10 nitrogen and oxygen atoms in total. The third kappa shape index (κ3) is 7.85. The SMILES string of the molecule is O=C(c1ccccc1)C(O)C1=CC=CC(C#Cc2ccc3c(CN4CCOCC4)c[nH]c3c2F)(C#Cc2ccc3c(CN4CCOCC4)c[nH]c3c2F)C1(c1ccc2cc[nH]c2c1)c1ccc2cc[nH]c2c1. The number of hydrogen-bond acceptors (Lipinski definition) is 6. The van der Waals surface area contributed by atoms with Crippen LogP contribution in [-0.4, -0.2) is 99.3 Å². The number of nitrogens with zero attached hydrogens (tertiary/aromatic N) is 2. The van der Waals surface area contributed by atoms with Crippen molar-refractivity contribution < 1.29 is 28.2 Å². The third-order valence-electron chi connectivity index (χ3n) is 14.8. The number of aliphatic hydroxyl groups excluding tert-OH is 1. The average molecular weight is 957 g/mol. The predicted octanol–water partition coefficient (Wildman–Crippen LogP) is 9.67. The van der Waals surface area contributed by atoms with Crippen LogP contribution in [0, 0.1) is 40.7 Å². The van der Waals surface area contributed by atoms with E-state index in [4.69, 9.17) is 9.47 Å². The van der Waals surface area contributed by atoms with Gasteiger partial charge in [-0.2, -0.15) is 0 Å². The maximum atomic E-state index is 17.2. The summed E-state index contributed by atoms with van der Waals surface area (Å²) in [6.45, 7) is 6.98. The van der Waals surface area contributed by atoms with Gasteiger partial charge in [0.15, 0.2) is 17.4 Å². The van der Waals surface area contributed by atoms with Crippen molar-refractivity contribution in [3.05, 3.63) is 202 Å². The summed E-state index contributed by atoms with van der Waals surface area (Å²) in [6.07, 6.45) is 11.0. The average Bonchev–Trinajstić information content (AvgIpc) is 4.26. The number of aliphatic hydroxyl groups is 1. The van der Waals surface area contributed by atoms with Crippen LogP contribution in [0.4, 0.5) is 8.78 Å². The maximum Gasteiger partial charge on any atom is 0.195 e. The van der Waals surface area contributed by atoms with Crippen molar-refractivity contribution in [2.24, 2.45) is 5.41 Å². The second-order valence-electron chi connectivity index (χ2n) is 18.8. The Labute approximate surface area is 414 Å². The summed E-state index contributed by atoms with van der Waals surface area (Å²) in [7, 11) is 0. The molecule has 1 unspecified atom stereocenters. The van der Waals surface area contributed by atoms with Crippen LogP contribution in [0.3, 0.4) is 0 Å². The van der Waals surface area contributed by atoms with Gasteiger partial charge in [0.05, 0.1) is 54.0 Å². The molecule has 358 valence electrons. The van der Waals surface area contributed by atoms with E-state index in [0.29, 0.717) is 67.2 Å². The maximum absolute atomic E-state index is 17.2. The second kappa shape index (κ2) is 18.7. The third-order valence-corrected chi connectivity index (χ3v) is 14.8. The molecule has 5 aromatic carbocycles. The predicted molar refractivity (Wildman–Crippen MR) is 276 cm³/mol. The molecule has 2 aliphatic heterocycles. The van der Waals surface area contributed by atoms with E-state index in [2.05, 4.69) is 53.4 Å². The van der Waals surface area contributed by atoms with Gasteiger partial charge >= 0.3 is 0 Å². The molecule has 0 bridgehead atoms. The molecule has 4 aromatic heterocycles. The molecule has 72 heavy (non-hydrogen) atoms. The van der Waals surface area contributed by atoms with E-state index < -0.39 is 34.4 Å². The van der Waals surface area contributed by atoms with Crippen LogP contribution < -0.4 is 0 Å². The van der Waals surface area contributed by atoms with Gasteiger partial charge in [-0.15, -0.1) is 0 Å². The Kier molecular flexibility index (Phi) is 11.8. The summed E-state index contributed by atoms with van der Waals surface area (Å²) >= 11 is 0. The highest BCUT2D eigenvalue weighted by Gasteiger charge is 2.57. The monoisotopic (exact) mass is 956 g/mol. The molecule has 1 aliphatic carbocycles. The van der Waals surface area contributed by atoms with Crippen LogP contribution in [0.15, 0.2) is 152 Å². The normalized spacial score (nSPS) is 17.4. The van der Waals surface area contributed by atoms with E-state index in [9.17, 15) is 9.90 Å². The highest BCUT2D eigenvalue weighted by Crippen LogP contribution is 2.57. The first-order valence-corrected chi connectivity index (χ1v) is 24.4. The Morgan fingerprint density at radius 3 is 1.68 bits per heavy atom. The van der Waals surface area contributed by atoms with Crippen molar-refractivity contribution in [2.75, 3.05) is 52.6 Å². The standard InChI is InChI=1S/C60H50F2N6O4/c61-53-41(10-14-48-44(35-65-55(48)53)37-67-25-29-71-30-26-67)16-21-59(22-17-42-11-15-49-45(36-66-56(49)54(42)62)38-68-27-31-72-32-28-68)20-4-7-50(58(70)57(69)43-5-2-1-3-6-43)60(59,46-12-8-39-18-23-63-51(39)33-46)47-13-9-40-19-24-64-52(40)34-47/h1-15,18-20,23-24,33-36,58,63-66,70H,25-32,37-38H2. The summed E-state index contributed by atoms with van der Waals surface area (Å²) in [4.78, 5) is 32.5. The molecule has 0 amide bonds. The molecule has 0 spiro atoms. The lowest BCUT2D eigenvalue weighted by Gasteiger charge is -2.49. The van der Waals surface area contributed by atoms with Gasteiger partial charge in [-0.05, 0) is 75.0 Å². The molecular formula is C60H50F2N6O4. The highest BCUT2D eigenvalue weighted by molar-refractivity contribution is 6.02. The zero-order chi connectivity index (χ0) is 48.8. The minimum absolute atomic E-state index is 0.106. The van der Waals surface area contributed by atoms with Gasteiger partial charge < -0.3 is 34.5 Å². The largest absolute Gasteiger partial charge is 0.380 e. The van der Waals surface area contributed by atoms with Gasteiger partial charge in [-0.3, -0.25) is 14.6 Å². The number of ketones is 1. The minimum Gasteiger partial charge on any atom is -0.380 e. The first-order valence-electron chi connectivity index (χ1n) is 24.4. The van der Waals surface area contributed by atoms with Gasteiger partial charge in [0, 0.05) is 91.4 Å². The quantitative estimate of drug-likeness (QED) is 0.0726. The number of hydrogen-bond donors (Lipinski definition) is 5. The number of H-pyrrole nitrogens is 4. The summed E-state index contributed by atoms with van der Waals surface area (Å²) in [6, 6.07) is 31.6. The number of ether oxygens (including phenoxy) is 2. The number of carbonyl (C=O) groups excluding carboxylic acids is 1. The number of Topliss-reactive ketones (excluding diaryl/α,β-unsaturated/α-hetero) is 1. The van der Waals surface area contributed by atoms with Crippen LogP contribution in [0.5, 0.6) is 0 Å². The molecule has 3 aliphatic rings. The summed E-state index contributed by atoms with van der Waals surface area (Å²) < 4.78 is 45.5. The lowest BCUT2D eigenvalue weighted by Crippen LogP contribution is -2.51. The van der Waals surface area contributed by atoms with Gasteiger partial charge in [0.2, 0.25) is 0 Å². The van der Waals surface area contributed by atoms with Gasteiger partial charge in [0.1, 0.15) is 11.5 Å². The Bertz CT molecular complexity index is 3540. The fraction of sp³-hybridized carbons (Fsp3) is 0.217. The summed E-state index contributed by atoms with van der Waals surface area (Å²) in [5.74, 6) is 12.0. The van der Waals surface area contributed by atoms with E-state index in [1.54, 1.807) is 48.6 Å². The molecule has 0 saturated carbocycles. The van der Waals surface area contributed by atoms with Crippen molar-refractivity contribution in [3.63, 3.8) is 0 Å². The van der Waals surface area contributed by atoms with Crippen LogP contribution in [-0.2, 0) is 28.0 Å². The lowest BCUT2D eigenvalue weighted by atomic mass is 9.50. The summed E-state index contributed by atoms with van der Waals surface area (Å²) in [5, 5.41) is 16.2. The zero-order valence-corrected chi connectivity index (χ0v) is 39.3. The van der Waals surface area contributed by atoms with Crippen molar-refractivity contribution >= 4 is 49.4 Å². The number of halogens is 2. The molecule has 12 rings (SSSR count). The summed E-state index contributed by atoms with van der Waals surface area (Å²) in [5.41, 5.74) is 2.82. The van der Waals surface area contributed by atoms with Crippen LogP contribution in [0.1, 0.15) is 43.7 Å². The van der Waals surface area contributed by atoms with Crippen molar-refractivity contribution in [2.45, 2.75) is 24.6 Å². The van der Waals surface area contributed by atoms with Crippen molar-refractivity contribution in [3.8, 4) is 23.7 Å². The molecule has 12 heteroatoms. The number of aromatic amines is 4. The molecule has 6 heterocycles. The van der Waals surface area contributed by atoms with Gasteiger partial charge in [-0.25, -0.2) is 8.78 Å². The van der Waals surface area contributed by atoms with Crippen LogP contribution in [0.25, 0.3) is 43.6 Å². The number of benzene rings is 5. The van der Waals surface area contributed by atoms with E-state index in [1.807, 2.05) is 97.6 Å². The van der Waals surface area contributed by atoms with E-state index in [0.717, 1.165) is 69.9 Å². The number of nitrogens with one attached hydrogen (secondary N) is 4. The van der Waals surface area contributed by atoms with Gasteiger partial charge in [-0.1, -0.05) is 109 Å². The number of morpholine rings is 2. The Hall–Kier alpha value is -7.81. The number of carbonyl (C=O) groups is 1.